The number of hydrogen-bond acceptors (Lipinski definition) is 3. The Morgan fingerprint density at radius 1 is 1.29 bits per heavy atom. The SMILES string of the molecule is CC(NC1=NC2CCCCC2CS1)c1ccc(Cl)cc1Cl. The van der Waals surface area contributed by atoms with Crippen molar-refractivity contribution in [3.05, 3.63) is 33.8 Å². The van der Waals surface area contributed by atoms with E-state index in [0.29, 0.717) is 16.1 Å². The minimum atomic E-state index is 0.140. The number of aliphatic imine (C=N–C) groups is 1. The summed E-state index contributed by atoms with van der Waals surface area (Å²) in [6.45, 7) is 2.12. The van der Waals surface area contributed by atoms with Gasteiger partial charge in [-0.1, -0.05) is 53.9 Å². The molecule has 0 aromatic heterocycles. The number of fused-ring (bicyclic) bond motifs is 1. The highest BCUT2D eigenvalue weighted by Crippen LogP contribution is 2.34. The first-order chi connectivity index (χ1) is 10.1. The summed E-state index contributed by atoms with van der Waals surface area (Å²) < 4.78 is 0. The molecule has 2 aliphatic rings. The van der Waals surface area contributed by atoms with Crippen LogP contribution in [0.15, 0.2) is 23.2 Å². The Bertz CT molecular complexity index is 547. The van der Waals surface area contributed by atoms with Gasteiger partial charge in [0.2, 0.25) is 0 Å². The molecule has 3 atom stereocenters. The molecule has 1 saturated carbocycles. The molecule has 1 N–H and O–H groups in total. The van der Waals surface area contributed by atoms with E-state index in [2.05, 4.69) is 12.2 Å². The second kappa shape index (κ2) is 6.80. The third-order valence-electron chi connectivity index (χ3n) is 4.36. The van der Waals surface area contributed by atoms with E-state index in [4.69, 9.17) is 28.2 Å². The zero-order valence-electron chi connectivity index (χ0n) is 12.1. The molecule has 2 nitrogen and oxygen atoms in total. The normalized spacial score (nSPS) is 26.7. The van der Waals surface area contributed by atoms with Crippen molar-refractivity contribution in [2.75, 3.05) is 5.75 Å². The topological polar surface area (TPSA) is 24.4 Å². The van der Waals surface area contributed by atoms with E-state index in [1.165, 1.54) is 31.4 Å². The summed E-state index contributed by atoms with van der Waals surface area (Å²) in [7, 11) is 0. The maximum absolute atomic E-state index is 6.28. The predicted molar refractivity (Wildman–Crippen MR) is 93.7 cm³/mol. The van der Waals surface area contributed by atoms with E-state index in [0.717, 1.165) is 16.6 Å². The molecule has 0 saturated heterocycles. The minimum absolute atomic E-state index is 0.140. The van der Waals surface area contributed by atoms with Crippen LogP contribution in [0, 0.1) is 5.92 Å². The first-order valence-electron chi connectivity index (χ1n) is 7.55. The lowest BCUT2D eigenvalue weighted by molar-refractivity contribution is 0.335. The Hall–Kier alpha value is -0.380. The van der Waals surface area contributed by atoms with E-state index in [9.17, 15) is 0 Å². The van der Waals surface area contributed by atoms with Crippen molar-refractivity contribution in [2.45, 2.75) is 44.7 Å². The van der Waals surface area contributed by atoms with Crippen molar-refractivity contribution >= 4 is 40.1 Å². The largest absolute Gasteiger partial charge is 0.358 e. The molecule has 1 aromatic rings. The molecule has 1 heterocycles. The predicted octanol–water partition coefficient (Wildman–Crippen LogP) is 5.31. The monoisotopic (exact) mass is 342 g/mol. The standard InChI is InChI=1S/C16H20Cl2N2S/c1-10(13-7-6-12(17)8-14(13)18)19-16-20-15-5-3-2-4-11(15)9-21-16/h6-8,10-11,15H,2-5,9H2,1H3,(H,19,20). The van der Waals surface area contributed by atoms with Gasteiger partial charge in [0.25, 0.3) is 0 Å². The van der Waals surface area contributed by atoms with Crippen molar-refractivity contribution in [3.8, 4) is 0 Å². The van der Waals surface area contributed by atoms with Crippen molar-refractivity contribution in [1.29, 1.82) is 0 Å². The quantitative estimate of drug-likeness (QED) is 0.787. The molecule has 3 unspecified atom stereocenters. The molecule has 5 heteroatoms. The molecule has 114 valence electrons. The van der Waals surface area contributed by atoms with Gasteiger partial charge in [-0.15, -0.1) is 0 Å². The van der Waals surface area contributed by atoms with Gasteiger partial charge in [-0.25, -0.2) is 0 Å². The van der Waals surface area contributed by atoms with Crippen LogP contribution in [0.25, 0.3) is 0 Å². The highest BCUT2D eigenvalue weighted by atomic mass is 35.5. The van der Waals surface area contributed by atoms with Gasteiger partial charge in [-0.3, -0.25) is 4.99 Å². The Balaban J connectivity index is 1.69. The molecule has 0 spiro atoms. The molecule has 3 rings (SSSR count). The number of nitrogens with one attached hydrogen (secondary N) is 1. The Kier molecular flexibility index (Phi) is 5.03. The summed E-state index contributed by atoms with van der Waals surface area (Å²) in [6, 6.07) is 6.33. The van der Waals surface area contributed by atoms with Crippen LogP contribution in [0.3, 0.4) is 0 Å². The number of halogens is 2. The van der Waals surface area contributed by atoms with Crippen molar-refractivity contribution in [3.63, 3.8) is 0 Å². The highest BCUT2D eigenvalue weighted by Gasteiger charge is 2.29. The summed E-state index contributed by atoms with van der Waals surface area (Å²) in [5.74, 6) is 1.97. The van der Waals surface area contributed by atoms with E-state index >= 15 is 0 Å². The molecule has 1 aliphatic heterocycles. The molecule has 1 aromatic carbocycles. The zero-order valence-corrected chi connectivity index (χ0v) is 14.4. The molecule has 1 fully saturated rings. The van der Waals surface area contributed by atoms with E-state index in [1.807, 2.05) is 23.9 Å². The van der Waals surface area contributed by atoms with Crippen LogP contribution in [0.4, 0.5) is 0 Å². The number of amidine groups is 1. The first-order valence-corrected chi connectivity index (χ1v) is 9.29. The minimum Gasteiger partial charge on any atom is -0.358 e. The van der Waals surface area contributed by atoms with Gasteiger partial charge in [-0.05, 0) is 43.4 Å². The van der Waals surface area contributed by atoms with E-state index < -0.39 is 0 Å². The zero-order chi connectivity index (χ0) is 14.8. The Labute approximate surface area is 140 Å². The fraction of sp³-hybridized carbons (Fsp3) is 0.562. The Morgan fingerprint density at radius 2 is 2.10 bits per heavy atom. The van der Waals surface area contributed by atoms with Gasteiger partial charge in [0.1, 0.15) is 0 Å². The summed E-state index contributed by atoms with van der Waals surface area (Å²) in [5.41, 5.74) is 1.06. The Morgan fingerprint density at radius 3 is 2.90 bits per heavy atom. The number of rotatable bonds is 2. The molecule has 21 heavy (non-hydrogen) atoms. The van der Waals surface area contributed by atoms with Crippen LogP contribution in [-0.2, 0) is 0 Å². The van der Waals surface area contributed by atoms with E-state index in [1.54, 1.807) is 6.07 Å². The van der Waals surface area contributed by atoms with Gasteiger partial charge in [0.15, 0.2) is 5.17 Å². The van der Waals surface area contributed by atoms with Gasteiger partial charge in [0.05, 0.1) is 12.1 Å². The fourth-order valence-corrected chi connectivity index (χ4v) is 4.92. The number of benzene rings is 1. The molecular weight excluding hydrogens is 323 g/mol. The van der Waals surface area contributed by atoms with Crippen LogP contribution in [0.5, 0.6) is 0 Å². The number of thioether (sulfide) groups is 1. The molecule has 1 aliphatic carbocycles. The fourth-order valence-electron chi connectivity index (χ4n) is 3.12. The highest BCUT2D eigenvalue weighted by molar-refractivity contribution is 8.13. The van der Waals surface area contributed by atoms with Gasteiger partial charge >= 0.3 is 0 Å². The van der Waals surface area contributed by atoms with Crippen LogP contribution in [-0.4, -0.2) is 17.0 Å². The van der Waals surface area contributed by atoms with Crippen molar-refractivity contribution in [2.24, 2.45) is 10.9 Å². The second-order valence-electron chi connectivity index (χ2n) is 5.89. The molecule has 0 amide bonds. The number of hydrogen-bond donors (Lipinski definition) is 1. The van der Waals surface area contributed by atoms with Gasteiger partial charge in [-0.2, -0.15) is 0 Å². The van der Waals surface area contributed by atoms with E-state index in [-0.39, 0.29) is 6.04 Å². The molecule has 0 bridgehead atoms. The maximum Gasteiger partial charge on any atom is 0.157 e. The third kappa shape index (κ3) is 3.69. The average Bonchev–Trinajstić information content (AvgIpc) is 2.47. The lowest BCUT2D eigenvalue weighted by Gasteiger charge is -2.33. The van der Waals surface area contributed by atoms with Crippen molar-refractivity contribution in [1.82, 2.24) is 5.32 Å². The van der Waals surface area contributed by atoms with Gasteiger partial charge < -0.3 is 5.32 Å². The maximum atomic E-state index is 6.28. The summed E-state index contributed by atoms with van der Waals surface area (Å²) >= 11 is 14.1. The summed E-state index contributed by atoms with van der Waals surface area (Å²) in [6.07, 6.45) is 5.28. The van der Waals surface area contributed by atoms with Crippen molar-refractivity contribution < 1.29 is 0 Å². The second-order valence-corrected chi connectivity index (χ2v) is 7.74. The van der Waals surface area contributed by atoms with Crippen LogP contribution < -0.4 is 5.32 Å². The van der Waals surface area contributed by atoms with Crippen LogP contribution >= 0.6 is 35.0 Å². The average molecular weight is 343 g/mol. The lowest BCUT2D eigenvalue weighted by Crippen LogP contribution is -2.35. The molecular formula is C16H20Cl2N2S. The summed E-state index contributed by atoms with van der Waals surface area (Å²) in [4.78, 5) is 4.92. The van der Waals surface area contributed by atoms with Crippen LogP contribution in [0.2, 0.25) is 10.0 Å². The summed E-state index contributed by atoms with van der Waals surface area (Å²) in [5, 5.41) is 5.96. The third-order valence-corrected chi connectivity index (χ3v) is 6.01. The number of nitrogens with zero attached hydrogens (tertiary/aromatic N) is 1. The smallest absolute Gasteiger partial charge is 0.157 e. The van der Waals surface area contributed by atoms with Gasteiger partial charge in [0, 0.05) is 15.8 Å². The first kappa shape index (κ1) is 15.5. The molecule has 0 radical (unpaired) electrons. The lowest BCUT2D eigenvalue weighted by atomic mass is 9.86. The van der Waals surface area contributed by atoms with Crippen LogP contribution in [0.1, 0.15) is 44.2 Å².